The van der Waals surface area contributed by atoms with Crippen LogP contribution in [0.4, 0.5) is 0 Å². The molecule has 0 atom stereocenters. The number of aromatic nitrogens is 1. The number of hydrogen-bond acceptors (Lipinski definition) is 1. The van der Waals surface area contributed by atoms with E-state index in [1.54, 1.807) is 0 Å². The maximum atomic E-state index is 7.67. The summed E-state index contributed by atoms with van der Waals surface area (Å²) in [7, 11) is 0. The minimum absolute atomic E-state index is 0.597. The van der Waals surface area contributed by atoms with Gasteiger partial charge < -0.3 is 10.4 Å². The second-order valence-corrected chi connectivity index (χ2v) is 4.48. The van der Waals surface area contributed by atoms with Crippen LogP contribution in [-0.4, -0.2) is 10.7 Å². The van der Waals surface area contributed by atoms with Crippen LogP contribution < -0.4 is 0 Å². The first-order chi connectivity index (χ1) is 8.74. The van der Waals surface area contributed by atoms with E-state index in [0.29, 0.717) is 5.71 Å². The predicted octanol–water partition coefficient (Wildman–Crippen LogP) is 4.22. The fraction of sp³-hybridized carbons (Fsp3) is 0.0625. The van der Waals surface area contributed by atoms with Gasteiger partial charge in [0.2, 0.25) is 0 Å². The van der Waals surface area contributed by atoms with Crippen LogP contribution in [0.1, 0.15) is 12.5 Å². The van der Waals surface area contributed by atoms with Gasteiger partial charge in [-0.15, -0.1) is 0 Å². The summed E-state index contributed by atoms with van der Waals surface area (Å²) in [5, 5.41) is 8.82. The van der Waals surface area contributed by atoms with Crippen molar-refractivity contribution in [1.82, 2.24) is 4.98 Å². The van der Waals surface area contributed by atoms with E-state index >= 15 is 0 Å². The molecule has 0 radical (unpaired) electrons. The van der Waals surface area contributed by atoms with E-state index < -0.39 is 0 Å². The number of nitrogens with one attached hydrogen (secondary N) is 2. The topological polar surface area (TPSA) is 39.6 Å². The van der Waals surface area contributed by atoms with Crippen LogP contribution in [0.5, 0.6) is 0 Å². The third kappa shape index (κ3) is 1.82. The predicted molar refractivity (Wildman–Crippen MR) is 76.2 cm³/mol. The number of rotatable bonds is 2. The minimum atomic E-state index is 0.597. The molecule has 0 aliphatic carbocycles. The first kappa shape index (κ1) is 10.8. The van der Waals surface area contributed by atoms with Crippen LogP contribution in [0, 0.1) is 5.41 Å². The zero-order chi connectivity index (χ0) is 12.5. The first-order valence-corrected chi connectivity index (χ1v) is 5.98. The van der Waals surface area contributed by atoms with Crippen molar-refractivity contribution in [3.05, 3.63) is 60.2 Å². The second-order valence-electron chi connectivity index (χ2n) is 4.48. The van der Waals surface area contributed by atoms with Crippen LogP contribution in [0.3, 0.4) is 0 Å². The van der Waals surface area contributed by atoms with E-state index in [0.717, 1.165) is 22.2 Å². The van der Waals surface area contributed by atoms with Crippen LogP contribution >= 0.6 is 0 Å². The highest BCUT2D eigenvalue weighted by molar-refractivity contribution is 6.00. The third-order valence-electron chi connectivity index (χ3n) is 3.14. The molecule has 0 spiro atoms. The van der Waals surface area contributed by atoms with Crippen molar-refractivity contribution in [3.8, 4) is 11.3 Å². The quantitative estimate of drug-likeness (QED) is 0.623. The number of fused-ring (bicyclic) bond motifs is 1. The first-order valence-electron chi connectivity index (χ1n) is 5.98. The van der Waals surface area contributed by atoms with E-state index in [4.69, 9.17) is 5.41 Å². The molecule has 0 fully saturated rings. The summed E-state index contributed by atoms with van der Waals surface area (Å²) >= 11 is 0. The molecule has 18 heavy (non-hydrogen) atoms. The Morgan fingerprint density at radius 2 is 1.78 bits per heavy atom. The van der Waals surface area contributed by atoms with Gasteiger partial charge in [0, 0.05) is 22.3 Å². The van der Waals surface area contributed by atoms with Gasteiger partial charge in [0.15, 0.2) is 0 Å². The lowest BCUT2D eigenvalue weighted by Crippen LogP contribution is -1.90. The maximum absolute atomic E-state index is 7.67. The Bertz CT molecular complexity index is 708. The lowest BCUT2D eigenvalue weighted by Gasteiger charge is -1.97. The molecule has 0 aliphatic heterocycles. The van der Waals surface area contributed by atoms with Crippen LogP contribution in [0.25, 0.3) is 22.2 Å². The van der Waals surface area contributed by atoms with Crippen LogP contribution in [-0.2, 0) is 0 Å². The van der Waals surface area contributed by atoms with E-state index in [-0.39, 0.29) is 0 Å². The van der Waals surface area contributed by atoms with Gasteiger partial charge in [-0.3, -0.25) is 0 Å². The smallest absolute Gasteiger partial charge is 0.0464 e. The largest absolute Gasteiger partial charge is 0.355 e. The molecular weight excluding hydrogens is 220 g/mol. The maximum Gasteiger partial charge on any atom is 0.0464 e. The highest BCUT2D eigenvalue weighted by Gasteiger charge is 2.04. The van der Waals surface area contributed by atoms with Gasteiger partial charge in [-0.2, -0.15) is 0 Å². The Hall–Kier alpha value is -2.35. The molecule has 2 heteroatoms. The number of hydrogen-bond donors (Lipinski definition) is 2. The molecule has 2 N–H and O–H groups in total. The number of H-pyrrole nitrogens is 1. The molecule has 1 heterocycles. The zero-order valence-electron chi connectivity index (χ0n) is 10.2. The summed E-state index contributed by atoms with van der Waals surface area (Å²) in [6, 6.07) is 18.5. The van der Waals surface area contributed by atoms with Crippen LogP contribution in [0.15, 0.2) is 54.6 Å². The fourth-order valence-corrected chi connectivity index (χ4v) is 2.14. The Balaban J connectivity index is 2.14. The summed E-state index contributed by atoms with van der Waals surface area (Å²) < 4.78 is 0. The minimum Gasteiger partial charge on any atom is -0.355 e. The molecule has 2 aromatic carbocycles. The number of aromatic amines is 1. The molecule has 0 unspecified atom stereocenters. The highest BCUT2D eigenvalue weighted by Crippen LogP contribution is 2.24. The van der Waals surface area contributed by atoms with E-state index in [1.165, 1.54) is 5.56 Å². The van der Waals surface area contributed by atoms with Crippen molar-refractivity contribution in [3.63, 3.8) is 0 Å². The van der Waals surface area contributed by atoms with E-state index in [9.17, 15) is 0 Å². The SMILES string of the molecule is CC(=N)c1ccc2[nH]c(-c3ccccc3)cc2c1. The van der Waals surface area contributed by atoms with Gasteiger partial charge in [0.05, 0.1) is 0 Å². The van der Waals surface area contributed by atoms with Gasteiger partial charge in [-0.1, -0.05) is 36.4 Å². The van der Waals surface area contributed by atoms with Crippen molar-refractivity contribution in [2.75, 3.05) is 0 Å². The normalized spacial score (nSPS) is 10.7. The van der Waals surface area contributed by atoms with E-state index in [2.05, 4.69) is 29.2 Å². The average Bonchev–Trinajstić information content (AvgIpc) is 2.82. The van der Waals surface area contributed by atoms with Crippen molar-refractivity contribution in [1.29, 1.82) is 5.41 Å². The summed E-state index contributed by atoms with van der Waals surface area (Å²) in [5.74, 6) is 0. The lowest BCUT2D eigenvalue weighted by atomic mass is 10.1. The monoisotopic (exact) mass is 234 g/mol. The van der Waals surface area contributed by atoms with Crippen molar-refractivity contribution < 1.29 is 0 Å². The second kappa shape index (κ2) is 4.15. The zero-order valence-corrected chi connectivity index (χ0v) is 10.2. The Morgan fingerprint density at radius 3 is 2.50 bits per heavy atom. The molecule has 2 nitrogen and oxygen atoms in total. The Morgan fingerprint density at radius 1 is 1.00 bits per heavy atom. The molecular formula is C16H14N2. The molecule has 0 saturated carbocycles. The van der Waals surface area contributed by atoms with Gasteiger partial charge in [0.1, 0.15) is 0 Å². The van der Waals surface area contributed by atoms with Gasteiger partial charge in [-0.05, 0) is 36.2 Å². The number of benzene rings is 2. The molecule has 1 aromatic heterocycles. The van der Waals surface area contributed by atoms with Gasteiger partial charge >= 0.3 is 0 Å². The van der Waals surface area contributed by atoms with E-state index in [1.807, 2.05) is 37.3 Å². The van der Waals surface area contributed by atoms with Gasteiger partial charge in [-0.25, -0.2) is 0 Å². The molecule has 0 amide bonds. The average molecular weight is 234 g/mol. The molecule has 0 saturated heterocycles. The van der Waals surface area contributed by atoms with Crippen molar-refractivity contribution >= 4 is 16.6 Å². The lowest BCUT2D eigenvalue weighted by molar-refractivity contribution is 1.44. The summed E-state index contributed by atoms with van der Waals surface area (Å²) in [4.78, 5) is 3.41. The summed E-state index contributed by atoms with van der Waals surface area (Å²) in [6.45, 7) is 1.81. The van der Waals surface area contributed by atoms with Crippen LogP contribution in [0.2, 0.25) is 0 Å². The third-order valence-corrected chi connectivity index (χ3v) is 3.14. The van der Waals surface area contributed by atoms with Crippen molar-refractivity contribution in [2.24, 2.45) is 0 Å². The molecule has 3 rings (SSSR count). The fourth-order valence-electron chi connectivity index (χ4n) is 2.14. The summed E-state index contributed by atoms with van der Waals surface area (Å²) in [5.41, 5.74) is 4.98. The molecule has 0 bridgehead atoms. The van der Waals surface area contributed by atoms with Crippen molar-refractivity contribution in [2.45, 2.75) is 6.92 Å². The molecule has 88 valence electrons. The molecule has 0 aliphatic rings. The van der Waals surface area contributed by atoms with Gasteiger partial charge in [0.25, 0.3) is 0 Å². The Kier molecular flexibility index (Phi) is 2.49. The Labute approximate surface area is 106 Å². The summed E-state index contributed by atoms with van der Waals surface area (Å²) in [6.07, 6.45) is 0. The molecule has 3 aromatic rings. The standard InChI is InChI=1S/C16H14N2/c1-11(17)13-7-8-15-14(9-13)10-16(18-15)12-5-3-2-4-6-12/h2-10,17-18H,1H3. The highest BCUT2D eigenvalue weighted by atomic mass is 14.7.